The van der Waals surface area contributed by atoms with Crippen molar-refractivity contribution in [2.45, 2.75) is 12.3 Å². The number of carbonyl (C=O) groups is 3. The average molecular weight is 355 g/mol. The van der Waals surface area contributed by atoms with Gasteiger partial charge in [0.2, 0.25) is 5.91 Å². The number of amides is 3. The van der Waals surface area contributed by atoms with E-state index in [1.165, 1.54) is 0 Å². The van der Waals surface area contributed by atoms with Gasteiger partial charge in [-0.25, -0.2) is 4.90 Å². The topological polar surface area (TPSA) is 83.7 Å². The Kier molecular flexibility index (Phi) is 4.76. The molecule has 0 radical (unpaired) electrons. The van der Waals surface area contributed by atoms with Crippen LogP contribution in [0.15, 0.2) is 54.6 Å². The van der Waals surface area contributed by atoms with Crippen LogP contribution in [0.3, 0.4) is 0 Å². The van der Waals surface area contributed by atoms with Crippen molar-refractivity contribution in [1.82, 2.24) is 0 Å². The smallest absolute Gasteiger partial charge is 0.295 e. The third-order valence-electron chi connectivity index (χ3n) is 3.78. The van der Waals surface area contributed by atoms with E-state index in [2.05, 4.69) is 0 Å². The van der Waals surface area contributed by atoms with Gasteiger partial charge in [-0.15, -0.1) is 0 Å². The van der Waals surface area contributed by atoms with Crippen LogP contribution in [0.4, 0.5) is 16.2 Å². The van der Waals surface area contributed by atoms with E-state index in [1.54, 1.807) is 47.4 Å². The molecule has 7 heteroatoms. The number of primary amides is 1. The summed E-state index contributed by atoms with van der Waals surface area (Å²) in [6, 6.07) is 16.2. The Balaban J connectivity index is 1.94. The molecule has 1 fully saturated rings. The quantitative estimate of drug-likeness (QED) is 0.891. The van der Waals surface area contributed by atoms with Gasteiger partial charge in [0.05, 0.1) is 12.2 Å². The molecule has 6 nitrogen and oxygen atoms in total. The Bertz CT molecular complexity index is 825. The summed E-state index contributed by atoms with van der Waals surface area (Å²) in [5.41, 5.74) is 7.48. The minimum absolute atomic E-state index is 0.150. The minimum Gasteiger partial charge on any atom is -0.368 e. The lowest BCUT2D eigenvalue weighted by Crippen LogP contribution is -2.45. The first-order valence-corrected chi connectivity index (χ1v) is 8.56. The van der Waals surface area contributed by atoms with E-state index in [0.717, 1.165) is 22.2 Å². The number of aryl methyl sites for hydroxylation is 1. The van der Waals surface area contributed by atoms with Crippen molar-refractivity contribution in [3.63, 3.8) is 0 Å². The molecule has 0 bridgehead atoms. The zero-order valence-electron chi connectivity index (χ0n) is 13.6. The van der Waals surface area contributed by atoms with E-state index in [-0.39, 0.29) is 17.7 Å². The number of carbonyl (C=O) groups excluding carboxylic acids is 3. The maximum Gasteiger partial charge on any atom is 0.295 e. The molecule has 0 aliphatic carbocycles. The zero-order valence-corrected chi connectivity index (χ0v) is 14.4. The van der Waals surface area contributed by atoms with Crippen molar-refractivity contribution >= 4 is 40.2 Å². The fraction of sp³-hybridized carbons (Fsp3) is 0.167. The number of hydrogen-bond acceptors (Lipinski definition) is 5. The maximum atomic E-state index is 12.9. The summed E-state index contributed by atoms with van der Waals surface area (Å²) in [4.78, 5) is 39.6. The molecule has 0 saturated carbocycles. The predicted molar refractivity (Wildman–Crippen MR) is 98.4 cm³/mol. The Hall–Kier alpha value is -2.80. The normalized spacial score (nSPS) is 17.0. The molecule has 3 rings (SSSR count). The summed E-state index contributed by atoms with van der Waals surface area (Å²) in [5.74, 6) is -0.954. The molecular formula is C18H17N3O3S. The van der Waals surface area contributed by atoms with Crippen molar-refractivity contribution in [2.75, 3.05) is 16.3 Å². The summed E-state index contributed by atoms with van der Waals surface area (Å²) < 4.78 is 0. The molecule has 1 aliphatic rings. The summed E-state index contributed by atoms with van der Waals surface area (Å²) in [6.07, 6.45) is 0. The number of nitrogens with zero attached hydrogens (tertiary/aromatic N) is 2. The molecule has 1 aliphatic heterocycles. The Morgan fingerprint density at radius 2 is 1.88 bits per heavy atom. The monoisotopic (exact) mass is 355 g/mol. The van der Waals surface area contributed by atoms with Gasteiger partial charge in [-0.05, 0) is 48.5 Å². The first-order chi connectivity index (χ1) is 12.0. The maximum absolute atomic E-state index is 12.9. The lowest BCUT2D eigenvalue weighted by molar-refractivity contribution is -0.117. The van der Waals surface area contributed by atoms with E-state index in [1.807, 2.05) is 19.1 Å². The molecule has 2 N–H and O–H groups in total. The van der Waals surface area contributed by atoms with Gasteiger partial charge in [-0.3, -0.25) is 14.4 Å². The van der Waals surface area contributed by atoms with Gasteiger partial charge >= 0.3 is 0 Å². The number of nitrogens with two attached hydrogens (primary N) is 1. The van der Waals surface area contributed by atoms with Crippen molar-refractivity contribution in [3.8, 4) is 0 Å². The molecule has 1 heterocycles. The van der Waals surface area contributed by atoms with Gasteiger partial charge in [0.1, 0.15) is 0 Å². The Morgan fingerprint density at radius 3 is 2.52 bits per heavy atom. The summed E-state index contributed by atoms with van der Waals surface area (Å²) >= 11 is 0.883. The molecule has 1 atom stereocenters. The highest BCUT2D eigenvalue weighted by Gasteiger charge is 2.44. The summed E-state index contributed by atoms with van der Waals surface area (Å²) in [5, 5.41) is -1.20. The van der Waals surface area contributed by atoms with Crippen molar-refractivity contribution in [1.29, 1.82) is 0 Å². The highest BCUT2D eigenvalue weighted by Crippen LogP contribution is 2.35. The number of imide groups is 1. The van der Waals surface area contributed by atoms with Crippen molar-refractivity contribution in [2.24, 2.45) is 5.73 Å². The SMILES string of the molecule is Cc1cccc(N2C(=O)S[C@@H](N(CC(N)=O)c3ccccc3)C2=O)c1. The van der Waals surface area contributed by atoms with Crippen molar-refractivity contribution in [3.05, 3.63) is 60.2 Å². The summed E-state index contributed by atoms with van der Waals surface area (Å²) in [6.45, 7) is 1.74. The molecule has 2 aromatic carbocycles. The fourth-order valence-corrected chi connectivity index (χ4v) is 3.71. The van der Waals surface area contributed by atoms with Gasteiger partial charge in [-0.1, -0.05) is 30.3 Å². The molecule has 0 aromatic heterocycles. The molecule has 2 aromatic rings. The second-order valence-electron chi connectivity index (χ2n) is 5.68. The largest absolute Gasteiger partial charge is 0.368 e. The van der Waals surface area contributed by atoms with Gasteiger partial charge in [0.25, 0.3) is 11.1 Å². The number of benzene rings is 2. The van der Waals surface area contributed by atoms with Gasteiger partial charge in [0.15, 0.2) is 5.37 Å². The number of hydrogen-bond donors (Lipinski definition) is 1. The van der Waals surface area contributed by atoms with E-state index < -0.39 is 11.3 Å². The minimum atomic E-state index is -0.831. The number of anilines is 2. The number of thioether (sulfide) groups is 1. The van der Waals surface area contributed by atoms with Crippen LogP contribution in [-0.2, 0) is 9.59 Å². The lowest BCUT2D eigenvalue weighted by atomic mass is 10.2. The first kappa shape index (κ1) is 17.0. The van der Waals surface area contributed by atoms with Crippen LogP contribution >= 0.6 is 11.8 Å². The van der Waals surface area contributed by atoms with Crippen LogP contribution in [0.2, 0.25) is 0 Å². The van der Waals surface area contributed by atoms with Crippen LogP contribution in [0.25, 0.3) is 0 Å². The second-order valence-corrected chi connectivity index (χ2v) is 6.71. The molecule has 3 amide bonds. The van der Waals surface area contributed by atoms with E-state index >= 15 is 0 Å². The molecular weight excluding hydrogens is 338 g/mol. The second kappa shape index (κ2) is 6.98. The molecule has 128 valence electrons. The molecule has 0 spiro atoms. The first-order valence-electron chi connectivity index (χ1n) is 7.68. The van der Waals surface area contributed by atoms with Crippen LogP contribution in [0.5, 0.6) is 0 Å². The number of para-hydroxylation sites is 1. The molecule has 1 saturated heterocycles. The standard InChI is InChI=1S/C18H17N3O3S/c1-12-6-5-9-14(10-12)21-16(23)17(25-18(21)24)20(11-15(19)22)13-7-3-2-4-8-13/h2-10,17H,11H2,1H3,(H2,19,22)/t17-/m1/s1. The van der Waals surface area contributed by atoms with Crippen LogP contribution < -0.4 is 15.5 Å². The third kappa shape index (κ3) is 3.51. The Labute approximate surface area is 149 Å². The molecule has 0 unspecified atom stereocenters. The zero-order chi connectivity index (χ0) is 18.0. The predicted octanol–water partition coefficient (Wildman–Crippen LogP) is 2.51. The van der Waals surface area contributed by atoms with Gasteiger partial charge in [-0.2, -0.15) is 0 Å². The van der Waals surface area contributed by atoms with E-state index in [9.17, 15) is 14.4 Å². The Morgan fingerprint density at radius 1 is 1.16 bits per heavy atom. The van der Waals surface area contributed by atoms with Crippen LogP contribution in [0, 0.1) is 6.92 Å². The average Bonchev–Trinajstić information content (AvgIpc) is 2.87. The van der Waals surface area contributed by atoms with E-state index in [4.69, 9.17) is 5.73 Å². The van der Waals surface area contributed by atoms with Crippen LogP contribution in [-0.4, -0.2) is 29.0 Å². The molecule has 25 heavy (non-hydrogen) atoms. The highest BCUT2D eigenvalue weighted by atomic mass is 32.2. The highest BCUT2D eigenvalue weighted by molar-refractivity contribution is 8.16. The van der Waals surface area contributed by atoms with Crippen molar-refractivity contribution < 1.29 is 14.4 Å². The third-order valence-corrected chi connectivity index (χ3v) is 4.85. The summed E-state index contributed by atoms with van der Waals surface area (Å²) in [7, 11) is 0. The van der Waals surface area contributed by atoms with E-state index in [0.29, 0.717) is 11.4 Å². The number of rotatable bonds is 5. The van der Waals surface area contributed by atoms with Gasteiger partial charge < -0.3 is 10.6 Å². The lowest BCUT2D eigenvalue weighted by Gasteiger charge is -2.27. The van der Waals surface area contributed by atoms with Gasteiger partial charge in [0, 0.05) is 5.69 Å². The fourth-order valence-electron chi connectivity index (χ4n) is 2.69. The van der Waals surface area contributed by atoms with Crippen LogP contribution in [0.1, 0.15) is 5.56 Å².